The fourth-order valence-corrected chi connectivity index (χ4v) is 3.86. The van der Waals surface area contributed by atoms with Crippen molar-refractivity contribution in [1.29, 1.82) is 0 Å². The van der Waals surface area contributed by atoms with Gasteiger partial charge < -0.3 is 10.2 Å². The van der Waals surface area contributed by atoms with Crippen molar-refractivity contribution in [3.8, 4) is 0 Å². The van der Waals surface area contributed by atoms with Crippen LogP contribution in [0.25, 0.3) is 10.8 Å². The summed E-state index contributed by atoms with van der Waals surface area (Å²) < 4.78 is 0. The molecule has 4 rings (SSSR count). The molecule has 28 heavy (non-hydrogen) atoms. The van der Waals surface area contributed by atoms with Crippen LogP contribution in [0.2, 0.25) is 5.02 Å². The largest absolute Gasteiger partial charge is 0.355 e. The third-order valence-corrected chi connectivity index (χ3v) is 5.41. The first-order valence-corrected chi connectivity index (χ1v) is 9.77. The number of carbonyl (C=O) groups is 2. The van der Waals surface area contributed by atoms with Crippen molar-refractivity contribution < 1.29 is 9.59 Å². The van der Waals surface area contributed by atoms with E-state index in [4.69, 9.17) is 11.6 Å². The van der Waals surface area contributed by atoms with Crippen molar-refractivity contribution >= 4 is 39.9 Å². The van der Waals surface area contributed by atoms with E-state index < -0.39 is 0 Å². The number of carbonyl (C=O) groups excluding carboxylic acids is 2. The van der Waals surface area contributed by atoms with E-state index in [0.717, 1.165) is 22.0 Å². The summed E-state index contributed by atoms with van der Waals surface area (Å²) in [5.74, 6) is 0.170. The van der Waals surface area contributed by atoms with Gasteiger partial charge in [0.2, 0.25) is 11.8 Å². The molecule has 5 heteroatoms. The summed E-state index contributed by atoms with van der Waals surface area (Å²) in [6.45, 7) is 1.11. The normalized spacial score (nSPS) is 16.5. The van der Waals surface area contributed by atoms with Crippen LogP contribution >= 0.6 is 11.6 Å². The first kappa shape index (κ1) is 18.5. The van der Waals surface area contributed by atoms with Crippen LogP contribution in [0.1, 0.15) is 12.0 Å². The number of nitrogens with zero attached hydrogens (tertiary/aromatic N) is 1. The summed E-state index contributed by atoms with van der Waals surface area (Å²) in [6.07, 6.45) is 0.778. The number of rotatable bonds is 5. The van der Waals surface area contributed by atoms with E-state index >= 15 is 0 Å². The van der Waals surface area contributed by atoms with E-state index in [9.17, 15) is 9.59 Å². The van der Waals surface area contributed by atoms with Crippen LogP contribution in [-0.4, -0.2) is 24.9 Å². The highest BCUT2D eigenvalue weighted by atomic mass is 35.5. The number of nitrogens with one attached hydrogen (secondary N) is 1. The maximum absolute atomic E-state index is 12.5. The first-order chi connectivity index (χ1) is 13.6. The minimum absolute atomic E-state index is 0.0197. The maximum Gasteiger partial charge on any atom is 0.227 e. The number of amides is 2. The van der Waals surface area contributed by atoms with E-state index in [2.05, 4.69) is 5.32 Å². The Hall–Kier alpha value is -2.85. The van der Waals surface area contributed by atoms with Gasteiger partial charge in [0.1, 0.15) is 0 Å². The van der Waals surface area contributed by atoms with Gasteiger partial charge in [-0.2, -0.15) is 0 Å². The molecule has 1 fully saturated rings. The zero-order valence-corrected chi connectivity index (χ0v) is 16.2. The van der Waals surface area contributed by atoms with Crippen molar-refractivity contribution in [3.05, 3.63) is 77.3 Å². The van der Waals surface area contributed by atoms with Crippen LogP contribution in [0.5, 0.6) is 0 Å². The van der Waals surface area contributed by atoms with Crippen molar-refractivity contribution in [2.45, 2.75) is 12.8 Å². The van der Waals surface area contributed by atoms with Gasteiger partial charge in [-0.25, -0.2) is 0 Å². The van der Waals surface area contributed by atoms with Gasteiger partial charge in [-0.3, -0.25) is 9.59 Å². The first-order valence-electron chi connectivity index (χ1n) is 9.39. The molecule has 0 aromatic heterocycles. The highest BCUT2D eigenvalue weighted by Gasteiger charge is 2.30. The molecule has 3 aromatic carbocycles. The molecule has 1 atom stereocenters. The Morgan fingerprint density at radius 3 is 2.61 bits per heavy atom. The molecule has 1 N–H and O–H groups in total. The quantitative estimate of drug-likeness (QED) is 0.707. The lowest BCUT2D eigenvalue weighted by Crippen LogP contribution is -2.32. The second-order valence-corrected chi connectivity index (χ2v) is 7.61. The average molecular weight is 393 g/mol. The minimum atomic E-state index is -0.0197. The third-order valence-electron chi connectivity index (χ3n) is 5.16. The highest BCUT2D eigenvalue weighted by molar-refractivity contribution is 6.30. The van der Waals surface area contributed by atoms with Gasteiger partial charge in [-0.1, -0.05) is 54.1 Å². The summed E-state index contributed by atoms with van der Waals surface area (Å²) in [5, 5.41) is 5.88. The molecule has 0 aliphatic carbocycles. The monoisotopic (exact) mass is 392 g/mol. The molecule has 4 nitrogen and oxygen atoms in total. The van der Waals surface area contributed by atoms with Crippen LogP contribution in [0.3, 0.4) is 0 Å². The zero-order chi connectivity index (χ0) is 19.5. The zero-order valence-electron chi connectivity index (χ0n) is 15.4. The number of benzene rings is 3. The predicted octanol–water partition coefficient (Wildman–Crippen LogP) is 4.21. The van der Waals surface area contributed by atoms with Crippen LogP contribution in [0, 0.1) is 5.92 Å². The van der Waals surface area contributed by atoms with Crippen LogP contribution < -0.4 is 10.2 Å². The van der Waals surface area contributed by atoms with Crippen molar-refractivity contribution in [3.63, 3.8) is 0 Å². The molecule has 2 amide bonds. The van der Waals surface area contributed by atoms with E-state index in [-0.39, 0.29) is 17.7 Å². The topological polar surface area (TPSA) is 49.4 Å². The van der Waals surface area contributed by atoms with Gasteiger partial charge >= 0.3 is 0 Å². The predicted molar refractivity (Wildman–Crippen MR) is 113 cm³/mol. The minimum Gasteiger partial charge on any atom is -0.355 e. The summed E-state index contributed by atoms with van der Waals surface area (Å²) in [5.41, 5.74) is 1.86. The second kappa shape index (κ2) is 8.03. The molecule has 0 radical (unpaired) electrons. The van der Waals surface area contributed by atoms with Crippen molar-refractivity contribution in [1.82, 2.24) is 5.32 Å². The summed E-state index contributed by atoms with van der Waals surface area (Å²) in [7, 11) is 0. The molecular formula is C23H21ClN2O2. The third kappa shape index (κ3) is 4.02. The Labute approximate surface area is 169 Å². The fourth-order valence-electron chi connectivity index (χ4n) is 3.73. The molecule has 1 heterocycles. The van der Waals surface area contributed by atoms with Crippen LogP contribution in [0.4, 0.5) is 5.69 Å². The lowest BCUT2D eigenvalue weighted by molar-refractivity contribution is -0.121. The van der Waals surface area contributed by atoms with Gasteiger partial charge in [0.05, 0.1) is 6.42 Å². The summed E-state index contributed by atoms with van der Waals surface area (Å²) in [4.78, 5) is 26.6. The standard InChI is InChI=1S/C23H21ClN2O2/c24-19-8-10-20(11-9-19)26-15-16(12-23(26)28)14-25-22(27)13-18-6-3-5-17-4-1-2-7-21(17)18/h1-11,16H,12-15H2,(H,25,27). The summed E-state index contributed by atoms with van der Waals surface area (Å²) in [6, 6.07) is 21.3. The molecule has 0 bridgehead atoms. The smallest absolute Gasteiger partial charge is 0.227 e. The number of halogens is 1. The van der Waals surface area contributed by atoms with Crippen LogP contribution in [0.15, 0.2) is 66.7 Å². The number of hydrogen-bond acceptors (Lipinski definition) is 2. The van der Waals surface area contributed by atoms with Gasteiger partial charge in [0.15, 0.2) is 0 Å². The average Bonchev–Trinajstić information content (AvgIpc) is 3.08. The second-order valence-electron chi connectivity index (χ2n) is 7.17. The van der Waals surface area contributed by atoms with Gasteiger partial charge in [-0.05, 0) is 40.6 Å². The lowest BCUT2D eigenvalue weighted by atomic mass is 10.0. The van der Waals surface area contributed by atoms with Gasteiger partial charge in [0, 0.05) is 36.1 Å². The van der Waals surface area contributed by atoms with Crippen molar-refractivity contribution in [2.24, 2.45) is 5.92 Å². The molecule has 1 unspecified atom stereocenters. The Balaban J connectivity index is 1.35. The van der Waals surface area contributed by atoms with Crippen LogP contribution in [-0.2, 0) is 16.0 Å². The molecule has 1 saturated heterocycles. The van der Waals surface area contributed by atoms with E-state index in [1.54, 1.807) is 17.0 Å². The SMILES string of the molecule is O=C(Cc1cccc2ccccc12)NCC1CC(=O)N(c2ccc(Cl)cc2)C1. The number of anilines is 1. The van der Waals surface area contributed by atoms with Gasteiger partial charge in [-0.15, -0.1) is 0 Å². The fraction of sp³-hybridized carbons (Fsp3) is 0.217. The molecule has 0 saturated carbocycles. The number of hydrogen-bond donors (Lipinski definition) is 1. The number of fused-ring (bicyclic) bond motifs is 1. The highest BCUT2D eigenvalue weighted by Crippen LogP contribution is 2.26. The Morgan fingerprint density at radius 1 is 1.04 bits per heavy atom. The van der Waals surface area contributed by atoms with Crippen molar-refractivity contribution in [2.75, 3.05) is 18.0 Å². The van der Waals surface area contributed by atoms with Gasteiger partial charge in [0.25, 0.3) is 0 Å². The Bertz CT molecular complexity index is 1010. The molecular weight excluding hydrogens is 372 g/mol. The Morgan fingerprint density at radius 2 is 1.79 bits per heavy atom. The molecule has 3 aromatic rings. The van der Waals surface area contributed by atoms with E-state index in [0.29, 0.717) is 31.0 Å². The molecule has 142 valence electrons. The molecule has 1 aliphatic heterocycles. The lowest BCUT2D eigenvalue weighted by Gasteiger charge is -2.17. The van der Waals surface area contributed by atoms with E-state index in [1.807, 2.05) is 54.6 Å². The van der Waals surface area contributed by atoms with E-state index in [1.165, 1.54) is 0 Å². The summed E-state index contributed by atoms with van der Waals surface area (Å²) >= 11 is 5.92. The molecule has 1 aliphatic rings. The molecule has 0 spiro atoms. The Kier molecular flexibility index (Phi) is 5.31. The maximum atomic E-state index is 12.5.